The molecule has 0 amide bonds. The van der Waals surface area contributed by atoms with Crippen LogP contribution in [0.5, 0.6) is 0 Å². The fraction of sp³-hybridized carbons (Fsp3) is 0.571. The molecule has 3 nitrogen and oxygen atoms in total. The Bertz CT molecular complexity index is 221. The third-order valence-electron chi connectivity index (χ3n) is 1.52. The Balaban J connectivity index is 2.60. The molecular weight excluding hydrogens is 253 g/mol. The van der Waals surface area contributed by atoms with Crippen molar-refractivity contribution in [3.05, 3.63) is 16.0 Å². The van der Waals surface area contributed by atoms with Crippen molar-refractivity contribution < 1.29 is 0 Å². The van der Waals surface area contributed by atoms with Crippen molar-refractivity contribution in [3.63, 3.8) is 0 Å². The van der Waals surface area contributed by atoms with Crippen molar-refractivity contribution in [2.24, 2.45) is 0 Å². The Labute approximate surface area is 80.3 Å². The lowest BCUT2D eigenvalue weighted by Gasteiger charge is -2.10. The van der Waals surface area contributed by atoms with Gasteiger partial charge >= 0.3 is 0 Å². The maximum atomic E-state index is 4.20. The van der Waals surface area contributed by atoms with E-state index in [2.05, 4.69) is 39.9 Å². The number of rotatable bonds is 3. The van der Waals surface area contributed by atoms with Crippen LogP contribution in [0.2, 0.25) is 0 Å². The van der Waals surface area contributed by atoms with E-state index in [1.807, 2.05) is 24.1 Å². The summed E-state index contributed by atoms with van der Waals surface area (Å²) < 4.78 is 3.16. The lowest BCUT2D eigenvalue weighted by atomic mass is 10.3. The molecule has 0 aliphatic heterocycles. The second kappa shape index (κ2) is 4.06. The predicted octanol–water partition coefficient (Wildman–Crippen LogP) is 1.27. The molecule has 1 atom stereocenters. The van der Waals surface area contributed by atoms with Gasteiger partial charge in [-0.05, 0) is 36.6 Å². The highest BCUT2D eigenvalue weighted by Gasteiger charge is 2.02. The number of halogens is 1. The van der Waals surface area contributed by atoms with Gasteiger partial charge in [-0.1, -0.05) is 0 Å². The third-order valence-corrected chi connectivity index (χ3v) is 2.08. The Kier molecular flexibility index (Phi) is 3.32. The zero-order valence-electron chi connectivity index (χ0n) is 6.71. The summed E-state index contributed by atoms with van der Waals surface area (Å²) in [5.41, 5.74) is 0. The topological polar surface area (TPSA) is 29.9 Å². The van der Waals surface area contributed by atoms with Gasteiger partial charge in [0.2, 0.25) is 0 Å². The molecule has 1 rings (SSSR count). The monoisotopic (exact) mass is 265 g/mol. The van der Waals surface area contributed by atoms with Gasteiger partial charge in [0, 0.05) is 12.7 Å². The minimum Gasteiger partial charge on any atom is -0.318 e. The van der Waals surface area contributed by atoms with Crippen molar-refractivity contribution in [2.45, 2.75) is 13.0 Å². The van der Waals surface area contributed by atoms with Crippen LogP contribution in [-0.2, 0) is 0 Å². The van der Waals surface area contributed by atoms with Crippen molar-refractivity contribution >= 4 is 22.6 Å². The van der Waals surface area contributed by atoms with Crippen LogP contribution in [0, 0.1) is 3.57 Å². The predicted molar refractivity (Wildman–Crippen MR) is 53.6 cm³/mol. The van der Waals surface area contributed by atoms with Gasteiger partial charge in [0.25, 0.3) is 0 Å². The molecule has 0 bridgehead atoms. The summed E-state index contributed by atoms with van der Waals surface area (Å²) in [5.74, 6) is 0. The molecule has 0 aliphatic carbocycles. The van der Waals surface area contributed by atoms with E-state index in [0.29, 0.717) is 6.04 Å². The maximum Gasteiger partial charge on any atom is 0.0623 e. The highest BCUT2D eigenvalue weighted by atomic mass is 127. The van der Waals surface area contributed by atoms with Crippen molar-refractivity contribution in [3.8, 4) is 0 Å². The molecule has 1 N–H and O–H groups in total. The number of nitrogens with zero attached hydrogens (tertiary/aromatic N) is 2. The molecule has 11 heavy (non-hydrogen) atoms. The van der Waals surface area contributed by atoms with Crippen molar-refractivity contribution in [1.82, 2.24) is 15.1 Å². The van der Waals surface area contributed by atoms with E-state index >= 15 is 0 Å². The van der Waals surface area contributed by atoms with Gasteiger partial charge in [0.15, 0.2) is 0 Å². The average molecular weight is 265 g/mol. The summed E-state index contributed by atoms with van der Waals surface area (Å²) in [6.45, 7) is 3.09. The van der Waals surface area contributed by atoms with E-state index in [9.17, 15) is 0 Å². The number of hydrogen-bond donors (Lipinski definition) is 1. The molecule has 0 radical (unpaired) electrons. The minimum atomic E-state index is 0.434. The first-order chi connectivity index (χ1) is 5.24. The molecule has 0 aromatic carbocycles. The van der Waals surface area contributed by atoms with Crippen LogP contribution in [0.1, 0.15) is 13.0 Å². The number of aromatic nitrogens is 2. The molecule has 62 valence electrons. The Hall–Kier alpha value is -0.100. The highest BCUT2D eigenvalue weighted by molar-refractivity contribution is 14.1. The molecule has 1 aromatic rings. The van der Waals surface area contributed by atoms with E-state index in [0.717, 1.165) is 6.54 Å². The standard InChI is InChI=1S/C7H12IN3/c1-6(3-9-2)11-5-7(8)4-10-11/h4-6,9H,3H2,1-2H3. The highest BCUT2D eigenvalue weighted by Crippen LogP contribution is 2.06. The van der Waals surface area contributed by atoms with E-state index in [-0.39, 0.29) is 0 Å². The number of likely N-dealkylation sites (N-methyl/N-ethyl adjacent to an activating group) is 1. The van der Waals surface area contributed by atoms with Crippen molar-refractivity contribution in [2.75, 3.05) is 13.6 Å². The summed E-state index contributed by atoms with van der Waals surface area (Å²) in [5, 5.41) is 7.32. The summed E-state index contributed by atoms with van der Waals surface area (Å²) in [7, 11) is 1.95. The van der Waals surface area contributed by atoms with Gasteiger partial charge in [0.05, 0.1) is 15.8 Å². The summed E-state index contributed by atoms with van der Waals surface area (Å²) >= 11 is 2.26. The van der Waals surface area contributed by atoms with Crippen LogP contribution in [0.3, 0.4) is 0 Å². The number of hydrogen-bond acceptors (Lipinski definition) is 2. The third kappa shape index (κ3) is 2.44. The molecule has 4 heteroatoms. The van der Waals surface area contributed by atoms with Gasteiger partial charge in [-0.25, -0.2) is 0 Å². The molecule has 1 aromatic heterocycles. The van der Waals surface area contributed by atoms with Gasteiger partial charge in [-0.2, -0.15) is 5.10 Å². The fourth-order valence-electron chi connectivity index (χ4n) is 0.945. The Morgan fingerprint density at radius 2 is 2.55 bits per heavy atom. The van der Waals surface area contributed by atoms with E-state index in [1.54, 1.807) is 0 Å². The van der Waals surface area contributed by atoms with E-state index in [1.165, 1.54) is 3.57 Å². The van der Waals surface area contributed by atoms with Crippen molar-refractivity contribution in [1.29, 1.82) is 0 Å². The van der Waals surface area contributed by atoms with E-state index < -0.39 is 0 Å². The Morgan fingerprint density at radius 3 is 3.00 bits per heavy atom. The zero-order chi connectivity index (χ0) is 8.27. The molecule has 0 fully saturated rings. The molecule has 0 aliphatic rings. The van der Waals surface area contributed by atoms with Crippen LogP contribution >= 0.6 is 22.6 Å². The minimum absolute atomic E-state index is 0.434. The quantitative estimate of drug-likeness (QED) is 0.834. The number of nitrogens with one attached hydrogen (secondary N) is 1. The lowest BCUT2D eigenvalue weighted by Crippen LogP contribution is -2.20. The first-order valence-corrected chi connectivity index (χ1v) is 4.66. The summed E-state index contributed by atoms with van der Waals surface area (Å²) in [4.78, 5) is 0. The lowest BCUT2D eigenvalue weighted by molar-refractivity contribution is 0.471. The molecule has 0 saturated carbocycles. The molecular formula is C7H12IN3. The van der Waals surface area contributed by atoms with Gasteiger partial charge in [-0.3, -0.25) is 4.68 Å². The second-order valence-electron chi connectivity index (χ2n) is 2.55. The van der Waals surface area contributed by atoms with Gasteiger partial charge in [-0.15, -0.1) is 0 Å². The largest absolute Gasteiger partial charge is 0.318 e. The van der Waals surface area contributed by atoms with Crippen LogP contribution in [0.4, 0.5) is 0 Å². The first kappa shape index (κ1) is 8.99. The molecule has 0 saturated heterocycles. The van der Waals surface area contributed by atoms with Crippen LogP contribution in [0.15, 0.2) is 12.4 Å². The van der Waals surface area contributed by atoms with Gasteiger partial charge in [0.1, 0.15) is 0 Å². The normalized spacial score (nSPS) is 13.4. The SMILES string of the molecule is CNCC(C)n1cc(I)cn1. The average Bonchev–Trinajstić information content (AvgIpc) is 2.36. The molecule has 1 unspecified atom stereocenters. The van der Waals surface area contributed by atoms with Crippen LogP contribution < -0.4 is 5.32 Å². The first-order valence-electron chi connectivity index (χ1n) is 3.58. The summed E-state index contributed by atoms with van der Waals surface area (Å²) in [6, 6.07) is 0.434. The fourth-order valence-corrected chi connectivity index (χ4v) is 1.35. The van der Waals surface area contributed by atoms with Crippen LogP contribution in [0.25, 0.3) is 0 Å². The second-order valence-corrected chi connectivity index (χ2v) is 3.79. The molecule has 0 spiro atoms. The Morgan fingerprint density at radius 1 is 1.82 bits per heavy atom. The molecule has 1 heterocycles. The maximum absolute atomic E-state index is 4.20. The zero-order valence-corrected chi connectivity index (χ0v) is 8.87. The van der Waals surface area contributed by atoms with E-state index in [4.69, 9.17) is 0 Å². The van der Waals surface area contributed by atoms with Crippen LogP contribution in [-0.4, -0.2) is 23.4 Å². The summed E-state index contributed by atoms with van der Waals surface area (Å²) in [6.07, 6.45) is 3.91. The van der Waals surface area contributed by atoms with Gasteiger partial charge < -0.3 is 5.32 Å². The smallest absolute Gasteiger partial charge is 0.0623 e.